The van der Waals surface area contributed by atoms with Crippen LogP contribution in [0.15, 0.2) is 35.3 Å². The van der Waals surface area contributed by atoms with E-state index in [9.17, 15) is 9.59 Å². The summed E-state index contributed by atoms with van der Waals surface area (Å²) in [5.74, 6) is -0.884. The van der Waals surface area contributed by atoms with Crippen LogP contribution in [0.2, 0.25) is 0 Å². The largest absolute Gasteiger partial charge is 0.480 e. The second-order valence-corrected chi connectivity index (χ2v) is 6.06. The highest BCUT2D eigenvalue weighted by molar-refractivity contribution is 8.14. The van der Waals surface area contributed by atoms with Crippen LogP contribution in [-0.2, 0) is 9.59 Å². The van der Waals surface area contributed by atoms with Crippen molar-refractivity contribution in [2.75, 3.05) is 5.75 Å². The number of carbonyl (C=O) groups excluding carboxylic acids is 1. The van der Waals surface area contributed by atoms with E-state index in [1.165, 1.54) is 25.6 Å². The summed E-state index contributed by atoms with van der Waals surface area (Å²) in [6, 6.07) is 9.09. The number of amides is 1. The average molecular weight is 292 g/mol. The first-order chi connectivity index (χ1) is 9.40. The van der Waals surface area contributed by atoms with E-state index in [1.807, 2.05) is 30.3 Å². The second kappa shape index (κ2) is 5.66. The van der Waals surface area contributed by atoms with Crippen LogP contribution in [0.25, 0.3) is 0 Å². The van der Waals surface area contributed by atoms with Gasteiger partial charge in [0.25, 0.3) is 0 Å². The lowest BCUT2D eigenvalue weighted by molar-refractivity contribution is -0.146. The monoisotopic (exact) mass is 292 g/mol. The van der Waals surface area contributed by atoms with Crippen LogP contribution in [0.1, 0.15) is 19.4 Å². The summed E-state index contributed by atoms with van der Waals surface area (Å²) in [4.78, 5) is 27.4. The molecule has 0 radical (unpaired) electrons. The van der Waals surface area contributed by atoms with Gasteiger partial charge in [0.05, 0.1) is 5.04 Å². The van der Waals surface area contributed by atoms with Crippen molar-refractivity contribution in [2.24, 2.45) is 4.99 Å². The molecule has 0 aromatic heterocycles. The zero-order valence-electron chi connectivity index (χ0n) is 11.3. The Kier molecular flexibility index (Phi) is 4.13. The van der Waals surface area contributed by atoms with E-state index >= 15 is 0 Å². The van der Waals surface area contributed by atoms with Gasteiger partial charge < -0.3 is 10.4 Å². The molecular weight excluding hydrogens is 276 g/mol. The van der Waals surface area contributed by atoms with Gasteiger partial charge >= 0.3 is 5.97 Å². The van der Waals surface area contributed by atoms with E-state index in [2.05, 4.69) is 10.3 Å². The molecule has 5 nitrogen and oxygen atoms in total. The summed E-state index contributed by atoms with van der Waals surface area (Å²) < 4.78 is 0. The van der Waals surface area contributed by atoms with Crippen molar-refractivity contribution in [3.63, 3.8) is 0 Å². The molecule has 6 heteroatoms. The smallest absolute Gasteiger partial charge is 0.328 e. The number of hydrogen-bond acceptors (Lipinski definition) is 4. The minimum absolute atomic E-state index is 0.351. The van der Waals surface area contributed by atoms with Crippen molar-refractivity contribution in [2.45, 2.75) is 25.4 Å². The van der Waals surface area contributed by atoms with Crippen molar-refractivity contribution >= 4 is 28.7 Å². The van der Waals surface area contributed by atoms with Crippen LogP contribution in [0.5, 0.6) is 0 Å². The standard InChI is InChI=1S/C14H16N2O3S/c1-14(2,13(18)19)16-11(17)10-8-20-12(15-10)9-6-4-3-5-7-9/h3-7,10H,8H2,1-2H3,(H,16,17)(H,18,19). The Hall–Kier alpha value is -1.82. The number of nitrogens with one attached hydrogen (secondary N) is 1. The Balaban J connectivity index is 2.07. The predicted molar refractivity (Wildman–Crippen MR) is 79.1 cm³/mol. The quantitative estimate of drug-likeness (QED) is 0.882. The van der Waals surface area contributed by atoms with Crippen LogP contribution in [0.4, 0.5) is 0 Å². The van der Waals surface area contributed by atoms with Crippen LogP contribution in [0.3, 0.4) is 0 Å². The van der Waals surface area contributed by atoms with Gasteiger partial charge in [0, 0.05) is 11.3 Å². The molecule has 1 atom stereocenters. The number of hydrogen-bond donors (Lipinski definition) is 2. The lowest BCUT2D eigenvalue weighted by Crippen LogP contribution is -2.52. The number of nitrogens with zero attached hydrogens (tertiary/aromatic N) is 1. The lowest BCUT2D eigenvalue weighted by Gasteiger charge is -2.22. The number of benzene rings is 1. The molecule has 1 aromatic carbocycles. The number of carboxylic acid groups (broad SMARTS) is 1. The highest BCUT2D eigenvalue weighted by Gasteiger charge is 2.33. The molecule has 1 aromatic rings. The summed E-state index contributed by atoms with van der Waals surface area (Å²) in [6.45, 7) is 2.91. The van der Waals surface area contributed by atoms with Crippen molar-refractivity contribution in [1.82, 2.24) is 5.32 Å². The van der Waals surface area contributed by atoms with Gasteiger partial charge in [-0.3, -0.25) is 9.79 Å². The first-order valence-electron chi connectivity index (χ1n) is 6.21. The first kappa shape index (κ1) is 14.6. The number of carboxylic acids is 1. The Bertz CT molecular complexity index is 555. The molecule has 0 saturated carbocycles. The second-order valence-electron chi connectivity index (χ2n) is 5.05. The Morgan fingerprint density at radius 3 is 2.60 bits per heavy atom. The third kappa shape index (κ3) is 3.19. The number of carbonyl (C=O) groups is 2. The van der Waals surface area contributed by atoms with E-state index in [0.717, 1.165) is 10.6 Å². The highest BCUT2D eigenvalue weighted by atomic mass is 32.2. The summed E-state index contributed by atoms with van der Waals surface area (Å²) in [5, 5.41) is 12.3. The molecule has 1 unspecified atom stereocenters. The van der Waals surface area contributed by atoms with Gasteiger partial charge in [-0.15, -0.1) is 11.8 Å². The maximum atomic E-state index is 12.0. The maximum Gasteiger partial charge on any atom is 0.328 e. The van der Waals surface area contributed by atoms with Gasteiger partial charge in [-0.1, -0.05) is 30.3 Å². The molecule has 1 aliphatic rings. The summed E-state index contributed by atoms with van der Waals surface area (Å²) >= 11 is 1.51. The molecule has 0 spiro atoms. The van der Waals surface area contributed by atoms with Crippen LogP contribution in [0, 0.1) is 0 Å². The average Bonchev–Trinajstić information content (AvgIpc) is 2.88. The van der Waals surface area contributed by atoms with E-state index < -0.39 is 17.6 Å². The molecule has 20 heavy (non-hydrogen) atoms. The van der Waals surface area contributed by atoms with Crippen molar-refractivity contribution < 1.29 is 14.7 Å². The third-order valence-corrected chi connectivity index (χ3v) is 4.04. The van der Waals surface area contributed by atoms with Gasteiger partial charge in [-0.2, -0.15) is 0 Å². The molecule has 1 amide bonds. The van der Waals surface area contributed by atoms with Crippen LogP contribution >= 0.6 is 11.8 Å². The third-order valence-electron chi connectivity index (χ3n) is 2.94. The van der Waals surface area contributed by atoms with Gasteiger partial charge in [0.2, 0.25) is 5.91 Å². The topological polar surface area (TPSA) is 78.8 Å². The molecule has 106 valence electrons. The normalized spacial score (nSPS) is 18.5. The Morgan fingerprint density at radius 2 is 2.00 bits per heavy atom. The zero-order valence-corrected chi connectivity index (χ0v) is 12.1. The number of thioether (sulfide) groups is 1. The minimum Gasteiger partial charge on any atom is -0.480 e. The van der Waals surface area contributed by atoms with E-state index in [-0.39, 0.29) is 5.91 Å². The number of rotatable bonds is 4. The molecule has 0 aliphatic carbocycles. The molecule has 2 rings (SSSR count). The molecule has 0 bridgehead atoms. The maximum absolute atomic E-state index is 12.0. The number of aliphatic imine (C=N–C) groups is 1. The SMILES string of the molecule is CC(C)(NC(=O)C1CSC(c2ccccc2)=N1)C(=O)O. The zero-order chi connectivity index (χ0) is 14.8. The lowest BCUT2D eigenvalue weighted by atomic mass is 10.1. The van der Waals surface area contributed by atoms with Gasteiger partial charge in [0.1, 0.15) is 11.6 Å². The summed E-state index contributed by atoms with van der Waals surface area (Å²) in [5.41, 5.74) is -0.308. The molecular formula is C14H16N2O3S. The Morgan fingerprint density at radius 1 is 1.35 bits per heavy atom. The Labute approximate surface area is 121 Å². The van der Waals surface area contributed by atoms with E-state index in [0.29, 0.717) is 5.75 Å². The molecule has 1 aliphatic heterocycles. The van der Waals surface area contributed by atoms with Gasteiger partial charge in [-0.25, -0.2) is 4.79 Å². The molecule has 2 N–H and O–H groups in total. The first-order valence-corrected chi connectivity index (χ1v) is 7.20. The fourth-order valence-electron chi connectivity index (χ4n) is 1.69. The van der Waals surface area contributed by atoms with Crippen molar-refractivity contribution in [3.8, 4) is 0 Å². The van der Waals surface area contributed by atoms with E-state index in [4.69, 9.17) is 5.11 Å². The van der Waals surface area contributed by atoms with Gasteiger partial charge in [-0.05, 0) is 13.8 Å². The summed E-state index contributed by atoms with van der Waals surface area (Å²) in [7, 11) is 0. The molecule has 0 fully saturated rings. The summed E-state index contributed by atoms with van der Waals surface area (Å²) in [6.07, 6.45) is 0. The minimum atomic E-state index is -1.28. The highest BCUT2D eigenvalue weighted by Crippen LogP contribution is 2.23. The number of aliphatic carboxylic acids is 1. The molecule has 1 heterocycles. The fourth-order valence-corrected chi connectivity index (χ4v) is 2.74. The molecule has 0 saturated heterocycles. The van der Waals surface area contributed by atoms with E-state index in [1.54, 1.807) is 0 Å². The predicted octanol–water partition coefficient (Wildman–Crippen LogP) is 1.53. The van der Waals surface area contributed by atoms with Gasteiger partial charge in [0.15, 0.2) is 0 Å². The van der Waals surface area contributed by atoms with Crippen LogP contribution in [-0.4, -0.2) is 39.4 Å². The van der Waals surface area contributed by atoms with Crippen LogP contribution < -0.4 is 5.32 Å². The fraction of sp³-hybridized carbons (Fsp3) is 0.357. The van der Waals surface area contributed by atoms with Crippen molar-refractivity contribution in [1.29, 1.82) is 0 Å². The van der Waals surface area contributed by atoms with Crippen molar-refractivity contribution in [3.05, 3.63) is 35.9 Å².